The molecule has 0 amide bonds. The Kier molecular flexibility index (Phi) is 4.34. The molecule has 0 bridgehead atoms. The first-order valence-electron chi connectivity index (χ1n) is 6.40. The van der Waals surface area contributed by atoms with Gasteiger partial charge >= 0.3 is 0 Å². The van der Waals surface area contributed by atoms with E-state index >= 15 is 0 Å². The molecule has 1 N–H and O–H groups in total. The van der Waals surface area contributed by atoms with Crippen molar-refractivity contribution in [2.45, 2.75) is 45.1 Å². The van der Waals surface area contributed by atoms with Gasteiger partial charge in [0.2, 0.25) is 0 Å². The molecule has 0 spiro atoms. The number of hydrogen-bond donors (Lipinski definition) is 1. The van der Waals surface area contributed by atoms with Gasteiger partial charge in [0.05, 0.1) is 5.69 Å². The highest BCUT2D eigenvalue weighted by Gasteiger charge is 2.13. The Bertz CT molecular complexity index is 302. The molecule has 2 rings (SSSR count). The van der Waals surface area contributed by atoms with Crippen molar-refractivity contribution in [1.82, 2.24) is 20.3 Å². The molecular formula is C12H22N4. The Hall–Kier alpha value is -0.900. The van der Waals surface area contributed by atoms with Gasteiger partial charge in [-0.1, -0.05) is 30.9 Å². The zero-order valence-corrected chi connectivity index (χ0v) is 10.2. The van der Waals surface area contributed by atoms with Crippen LogP contribution in [0.15, 0.2) is 6.20 Å². The summed E-state index contributed by atoms with van der Waals surface area (Å²) in [4.78, 5) is 0. The first kappa shape index (κ1) is 11.6. The van der Waals surface area contributed by atoms with Gasteiger partial charge in [0.25, 0.3) is 0 Å². The fourth-order valence-electron chi connectivity index (χ4n) is 2.51. The van der Waals surface area contributed by atoms with E-state index in [1.165, 1.54) is 38.5 Å². The first-order chi connectivity index (χ1) is 7.84. The summed E-state index contributed by atoms with van der Waals surface area (Å²) < 4.78 is 1.75. The molecule has 0 aromatic carbocycles. The normalized spacial score (nSPS) is 17.1. The molecule has 4 nitrogen and oxygen atoms in total. The number of nitrogens with zero attached hydrogens (tertiary/aromatic N) is 3. The lowest BCUT2D eigenvalue weighted by molar-refractivity contribution is 0.469. The molecule has 4 heteroatoms. The van der Waals surface area contributed by atoms with E-state index in [1.807, 2.05) is 13.2 Å². The molecule has 0 saturated heterocycles. The highest BCUT2D eigenvalue weighted by molar-refractivity contribution is 4.90. The van der Waals surface area contributed by atoms with Crippen molar-refractivity contribution >= 4 is 0 Å². The lowest BCUT2D eigenvalue weighted by Gasteiger charge is -2.08. The van der Waals surface area contributed by atoms with Gasteiger partial charge in [-0.2, -0.15) is 0 Å². The SMILES string of the molecule is Cn1cc(CNCCCC2CCCC2)nn1. The third-order valence-corrected chi connectivity index (χ3v) is 3.40. The van der Waals surface area contributed by atoms with Gasteiger partial charge in [0.1, 0.15) is 0 Å². The van der Waals surface area contributed by atoms with Crippen LogP contribution in [-0.4, -0.2) is 21.5 Å². The molecule has 1 fully saturated rings. The minimum atomic E-state index is 0.846. The van der Waals surface area contributed by atoms with Crippen LogP contribution < -0.4 is 5.32 Å². The number of nitrogens with one attached hydrogen (secondary N) is 1. The van der Waals surface area contributed by atoms with E-state index < -0.39 is 0 Å². The number of aryl methyl sites for hydroxylation is 1. The number of rotatable bonds is 6. The molecule has 1 aromatic rings. The Morgan fingerprint density at radius 1 is 1.44 bits per heavy atom. The highest BCUT2D eigenvalue weighted by Crippen LogP contribution is 2.28. The van der Waals surface area contributed by atoms with Crippen LogP contribution in [0.3, 0.4) is 0 Å². The van der Waals surface area contributed by atoms with E-state index in [4.69, 9.17) is 0 Å². The summed E-state index contributed by atoms with van der Waals surface area (Å²) in [6.45, 7) is 1.95. The fraction of sp³-hybridized carbons (Fsp3) is 0.833. The van der Waals surface area contributed by atoms with Crippen molar-refractivity contribution in [2.24, 2.45) is 13.0 Å². The van der Waals surface area contributed by atoms with Gasteiger partial charge in [-0.3, -0.25) is 4.68 Å². The molecule has 1 aliphatic rings. The maximum absolute atomic E-state index is 4.04. The summed E-state index contributed by atoms with van der Waals surface area (Å²) in [5, 5.41) is 11.4. The van der Waals surface area contributed by atoms with Crippen LogP contribution in [0.5, 0.6) is 0 Å². The molecule has 90 valence electrons. The second-order valence-electron chi connectivity index (χ2n) is 4.85. The predicted molar refractivity (Wildman–Crippen MR) is 63.9 cm³/mol. The molecule has 0 aliphatic heterocycles. The second kappa shape index (κ2) is 5.99. The maximum Gasteiger partial charge on any atom is 0.0964 e. The molecule has 16 heavy (non-hydrogen) atoms. The van der Waals surface area contributed by atoms with Crippen molar-refractivity contribution < 1.29 is 0 Å². The quantitative estimate of drug-likeness (QED) is 0.747. The van der Waals surface area contributed by atoms with Crippen LogP contribution in [0.2, 0.25) is 0 Å². The smallest absolute Gasteiger partial charge is 0.0964 e. The molecular weight excluding hydrogens is 200 g/mol. The lowest BCUT2D eigenvalue weighted by Crippen LogP contribution is -2.15. The van der Waals surface area contributed by atoms with E-state index in [0.717, 1.165) is 24.7 Å². The van der Waals surface area contributed by atoms with Gasteiger partial charge in [0, 0.05) is 19.8 Å². The van der Waals surface area contributed by atoms with Gasteiger partial charge in [-0.25, -0.2) is 0 Å². The molecule has 0 radical (unpaired) electrons. The Morgan fingerprint density at radius 2 is 2.25 bits per heavy atom. The average Bonchev–Trinajstić information content (AvgIpc) is 2.89. The summed E-state index contributed by atoms with van der Waals surface area (Å²) in [5.74, 6) is 1.01. The van der Waals surface area contributed by atoms with E-state index in [9.17, 15) is 0 Å². The van der Waals surface area contributed by atoms with Crippen LogP contribution in [-0.2, 0) is 13.6 Å². The van der Waals surface area contributed by atoms with E-state index in [1.54, 1.807) is 4.68 Å². The summed E-state index contributed by atoms with van der Waals surface area (Å²) in [6.07, 6.45) is 10.5. The van der Waals surface area contributed by atoms with Crippen LogP contribution in [0.25, 0.3) is 0 Å². The first-order valence-corrected chi connectivity index (χ1v) is 6.40. The van der Waals surface area contributed by atoms with Crippen molar-refractivity contribution in [3.8, 4) is 0 Å². The Balaban J connectivity index is 1.51. The van der Waals surface area contributed by atoms with Crippen LogP contribution >= 0.6 is 0 Å². The van der Waals surface area contributed by atoms with E-state index in [2.05, 4.69) is 15.6 Å². The van der Waals surface area contributed by atoms with Crippen molar-refractivity contribution in [2.75, 3.05) is 6.54 Å². The zero-order valence-electron chi connectivity index (χ0n) is 10.2. The molecule has 1 aromatic heterocycles. The summed E-state index contributed by atoms with van der Waals surface area (Å²) >= 11 is 0. The van der Waals surface area contributed by atoms with Gasteiger partial charge in [0.15, 0.2) is 0 Å². The Morgan fingerprint density at radius 3 is 2.94 bits per heavy atom. The minimum Gasteiger partial charge on any atom is -0.311 e. The molecule has 0 unspecified atom stereocenters. The summed E-state index contributed by atoms with van der Waals surface area (Å²) in [5.41, 5.74) is 1.03. The molecule has 1 aliphatic carbocycles. The van der Waals surface area contributed by atoms with E-state index in [0.29, 0.717) is 0 Å². The van der Waals surface area contributed by atoms with Crippen LogP contribution in [0.4, 0.5) is 0 Å². The fourth-order valence-corrected chi connectivity index (χ4v) is 2.51. The van der Waals surface area contributed by atoms with Crippen molar-refractivity contribution in [3.63, 3.8) is 0 Å². The third kappa shape index (κ3) is 3.59. The van der Waals surface area contributed by atoms with Gasteiger partial charge in [-0.15, -0.1) is 5.10 Å². The van der Waals surface area contributed by atoms with Gasteiger partial charge in [-0.05, 0) is 25.3 Å². The summed E-state index contributed by atoms with van der Waals surface area (Å²) in [6, 6.07) is 0. The largest absolute Gasteiger partial charge is 0.311 e. The predicted octanol–water partition coefficient (Wildman–Crippen LogP) is 1.88. The molecule has 1 heterocycles. The number of aromatic nitrogens is 3. The van der Waals surface area contributed by atoms with Crippen LogP contribution in [0, 0.1) is 5.92 Å². The monoisotopic (exact) mass is 222 g/mol. The minimum absolute atomic E-state index is 0.846. The van der Waals surface area contributed by atoms with Crippen molar-refractivity contribution in [3.05, 3.63) is 11.9 Å². The van der Waals surface area contributed by atoms with Gasteiger partial charge < -0.3 is 5.32 Å². The second-order valence-corrected chi connectivity index (χ2v) is 4.85. The van der Waals surface area contributed by atoms with E-state index in [-0.39, 0.29) is 0 Å². The Labute approximate surface area is 97.4 Å². The molecule has 0 atom stereocenters. The number of hydrogen-bond acceptors (Lipinski definition) is 3. The zero-order chi connectivity index (χ0) is 11.2. The highest BCUT2D eigenvalue weighted by atomic mass is 15.4. The van der Waals surface area contributed by atoms with Crippen LogP contribution in [0.1, 0.15) is 44.2 Å². The summed E-state index contributed by atoms with van der Waals surface area (Å²) in [7, 11) is 1.90. The standard InChI is InChI=1S/C12H22N4/c1-16-10-12(14-15-16)9-13-8-4-7-11-5-2-3-6-11/h10-11,13H,2-9H2,1H3. The average molecular weight is 222 g/mol. The maximum atomic E-state index is 4.04. The van der Waals surface area contributed by atoms with Crippen molar-refractivity contribution in [1.29, 1.82) is 0 Å². The topological polar surface area (TPSA) is 42.7 Å². The third-order valence-electron chi connectivity index (χ3n) is 3.40. The molecule has 1 saturated carbocycles. The lowest BCUT2D eigenvalue weighted by atomic mass is 10.0.